The molecular weight excluding hydrogens is 439 g/mol. The van der Waals surface area contributed by atoms with Crippen LogP contribution in [0, 0.1) is 20.8 Å². The highest BCUT2D eigenvalue weighted by Crippen LogP contribution is 2.23. The normalized spacial score (nSPS) is 11.1. The van der Waals surface area contributed by atoms with Gasteiger partial charge in [-0.2, -0.15) is 10.2 Å². The second kappa shape index (κ2) is 8.56. The number of hydrogen-bond donors (Lipinski definition) is 1. The lowest BCUT2D eigenvalue weighted by atomic mass is 10.2. The van der Waals surface area contributed by atoms with Crippen LogP contribution in [0.25, 0.3) is 0 Å². The van der Waals surface area contributed by atoms with Gasteiger partial charge < -0.3 is 9.84 Å². The number of aromatic nitrogens is 5. The monoisotopic (exact) mass is 458 g/mol. The second-order valence-corrected chi connectivity index (χ2v) is 7.94. The number of benzene rings is 1. The molecule has 0 fully saturated rings. The lowest BCUT2D eigenvalue weighted by Crippen LogP contribution is -2.17. The second-order valence-electron chi connectivity index (χ2n) is 7.15. The smallest absolute Gasteiger partial charge is 0.279 e. The van der Waals surface area contributed by atoms with Gasteiger partial charge in [-0.05, 0) is 32.4 Å². The van der Waals surface area contributed by atoms with Crippen LogP contribution in [0.2, 0.25) is 10.0 Å². The molecule has 0 aliphatic carbocycles. The van der Waals surface area contributed by atoms with Crippen LogP contribution in [0.15, 0.2) is 41.1 Å². The minimum Gasteiger partial charge on any atom is -0.361 e. The summed E-state index contributed by atoms with van der Waals surface area (Å²) in [5, 5.41) is 16.8. The van der Waals surface area contributed by atoms with E-state index in [0.29, 0.717) is 40.3 Å². The molecule has 0 radical (unpaired) electrons. The van der Waals surface area contributed by atoms with Crippen molar-refractivity contribution in [3.05, 3.63) is 80.5 Å². The summed E-state index contributed by atoms with van der Waals surface area (Å²) in [6.07, 6.45) is 1.77. The molecule has 4 rings (SSSR count). The third-order valence-electron chi connectivity index (χ3n) is 4.97. The average molecular weight is 459 g/mol. The quantitative estimate of drug-likeness (QED) is 0.453. The van der Waals surface area contributed by atoms with Crippen LogP contribution in [-0.4, -0.2) is 30.6 Å². The molecule has 0 aliphatic heterocycles. The van der Waals surface area contributed by atoms with Gasteiger partial charge in [-0.15, -0.1) is 0 Å². The number of aryl methyl sites for hydroxylation is 2. The van der Waals surface area contributed by atoms with Crippen LogP contribution in [0.5, 0.6) is 0 Å². The molecule has 1 aromatic carbocycles. The largest absolute Gasteiger partial charge is 0.361 e. The van der Waals surface area contributed by atoms with Crippen molar-refractivity contribution in [2.45, 2.75) is 33.9 Å². The number of rotatable bonds is 6. The first-order valence-electron chi connectivity index (χ1n) is 9.56. The van der Waals surface area contributed by atoms with E-state index in [-0.39, 0.29) is 5.69 Å². The number of nitrogens with zero attached hydrogens (tertiary/aromatic N) is 5. The summed E-state index contributed by atoms with van der Waals surface area (Å²) in [7, 11) is 0. The molecule has 0 saturated carbocycles. The summed E-state index contributed by atoms with van der Waals surface area (Å²) in [5.41, 5.74) is 3.29. The van der Waals surface area contributed by atoms with Gasteiger partial charge in [0.15, 0.2) is 11.5 Å². The van der Waals surface area contributed by atoms with Gasteiger partial charge in [0.1, 0.15) is 5.76 Å². The highest BCUT2D eigenvalue weighted by molar-refractivity contribution is 6.32. The summed E-state index contributed by atoms with van der Waals surface area (Å²) in [4.78, 5) is 12.9. The summed E-state index contributed by atoms with van der Waals surface area (Å²) in [6, 6.07) is 9.25. The fourth-order valence-electron chi connectivity index (χ4n) is 3.23. The standard InChI is InChI=1S/C21H20Cl2N6O2/c1-12-19(23)13(2)29(25-12)11-16-14(3)31-27-20(16)21(30)24-18-8-9-28(26-18)10-15-6-4-5-7-17(15)22/h4-9H,10-11H2,1-3H3,(H,24,26,30). The molecule has 31 heavy (non-hydrogen) atoms. The summed E-state index contributed by atoms with van der Waals surface area (Å²) in [5.74, 6) is 0.526. The van der Waals surface area contributed by atoms with E-state index in [1.807, 2.05) is 38.1 Å². The van der Waals surface area contributed by atoms with Gasteiger partial charge in [0, 0.05) is 22.8 Å². The van der Waals surface area contributed by atoms with Crippen LogP contribution >= 0.6 is 23.2 Å². The number of amides is 1. The Kier molecular flexibility index (Phi) is 5.84. The molecule has 0 bridgehead atoms. The molecule has 8 nitrogen and oxygen atoms in total. The SMILES string of the molecule is Cc1nn(Cc2c(C(=O)Nc3ccn(Cc4ccccc4Cl)n3)noc2C)c(C)c1Cl. The van der Waals surface area contributed by atoms with Gasteiger partial charge in [-0.3, -0.25) is 14.2 Å². The van der Waals surface area contributed by atoms with Gasteiger partial charge in [-0.1, -0.05) is 46.6 Å². The predicted octanol–water partition coefficient (Wildman–Crippen LogP) is 4.65. The van der Waals surface area contributed by atoms with Gasteiger partial charge in [0.05, 0.1) is 29.5 Å². The molecule has 3 heterocycles. The zero-order chi connectivity index (χ0) is 22.1. The van der Waals surface area contributed by atoms with E-state index in [9.17, 15) is 4.79 Å². The van der Waals surface area contributed by atoms with Crippen molar-refractivity contribution < 1.29 is 9.32 Å². The zero-order valence-corrected chi connectivity index (χ0v) is 18.7. The lowest BCUT2D eigenvalue weighted by molar-refractivity contribution is 0.101. The van der Waals surface area contributed by atoms with Gasteiger partial charge in [0.2, 0.25) is 0 Å². The average Bonchev–Trinajstić information content (AvgIpc) is 3.40. The van der Waals surface area contributed by atoms with Crippen molar-refractivity contribution in [2.24, 2.45) is 0 Å². The minimum absolute atomic E-state index is 0.182. The molecule has 0 atom stereocenters. The molecule has 4 aromatic rings. The summed E-state index contributed by atoms with van der Waals surface area (Å²) >= 11 is 12.4. The molecule has 10 heteroatoms. The van der Waals surface area contributed by atoms with Gasteiger partial charge >= 0.3 is 0 Å². The Labute approximate surface area is 188 Å². The number of carbonyl (C=O) groups excluding carboxylic acids is 1. The van der Waals surface area contributed by atoms with Crippen molar-refractivity contribution in [3.8, 4) is 0 Å². The van der Waals surface area contributed by atoms with E-state index in [2.05, 4.69) is 20.7 Å². The fraction of sp³-hybridized carbons (Fsp3) is 0.238. The Balaban J connectivity index is 1.50. The topological polar surface area (TPSA) is 90.8 Å². The highest BCUT2D eigenvalue weighted by Gasteiger charge is 2.22. The van der Waals surface area contributed by atoms with E-state index < -0.39 is 5.91 Å². The Morgan fingerprint density at radius 1 is 1.10 bits per heavy atom. The van der Waals surface area contributed by atoms with Crippen LogP contribution in [0.3, 0.4) is 0 Å². The van der Waals surface area contributed by atoms with Crippen LogP contribution in [0.1, 0.15) is 38.8 Å². The molecular formula is C21H20Cl2N6O2. The van der Waals surface area contributed by atoms with Crippen molar-refractivity contribution in [1.82, 2.24) is 24.7 Å². The molecule has 3 aromatic heterocycles. The maximum Gasteiger partial charge on any atom is 0.279 e. The maximum absolute atomic E-state index is 12.9. The third kappa shape index (κ3) is 4.35. The van der Waals surface area contributed by atoms with E-state index in [4.69, 9.17) is 27.7 Å². The number of nitrogens with one attached hydrogen (secondary N) is 1. The molecule has 1 amide bonds. The van der Waals surface area contributed by atoms with E-state index in [0.717, 1.165) is 17.0 Å². The zero-order valence-electron chi connectivity index (χ0n) is 17.2. The number of halogens is 2. The predicted molar refractivity (Wildman–Crippen MR) is 118 cm³/mol. The summed E-state index contributed by atoms with van der Waals surface area (Å²) in [6.45, 7) is 6.27. The maximum atomic E-state index is 12.9. The molecule has 1 N–H and O–H groups in total. The number of anilines is 1. The van der Waals surface area contributed by atoms with Crippen LogP contribution in [-0.2, 0) is 13.1 Å². The van der Waals surface area contributed by atoms with Gasteiger partial charge in [-0.25, -0.2) is 0 Å². The Morgan fingerprint density at radius 2 is 1.87 bits per heavy atom. The van der Waals surface area contributed by atoms with E-state index in [1.54, 1.807) is 28.6 Å². The fourth-order valence-corrected chi connectivity index (χ4v) is 3.56. The van der Waals surface area contributed by atoms with Crippen molar-refractivity contribution >= 4 is 34.9 Å². The van der Waals surface area contributed by atoms with Crippen molar-refractivity contribution in [3.63, 3.8) is 0 Å². The first-order valence-corrected chi connectivity index (χ1v) is 10.3. The highest BCUT2D eigenvalue weighted by atomic mass is 35.5. The van der Waals surface area contributed by atoms with Crippen LogP contribution in [0.4, 0.5) is 5.82 Å². The molecule has 0 unspecified atom stereocenters. The molecule has 0 spiro atoms. The van der Waals surface area contributed by atoms with E-state index in [1.165, 1.54) is 0 Å². The van der Waals surface area contributed by atoms with Crippen LogP contribution < -0.4 is 5.32 Å². The lowest BCUT2D eigenvalue weighted by Gasteiger charge is -2.06. The number of hydrogen-bond acceptors (Lipinski definition) is 5. The first-order chi connectivity index (χ1) is 14.8. The Bertz CT molecular complexity index is 1260. The van der Waals surface area contributed by atoms with Crippen molar-refractivity contribution in [2.75, 3.05) is 5.32 Å². The Hall–Kier alpha value is -3.10. The molecule has 0 saturated heterocycles. The first kappa shape index (κ1) is 21.1. The minimum atomic E-state index is -0.414. The molecule has 0 aliphatic rings. The summed E-state index contributed by atoms with van der Waals surface area (Å²) < 4.78 is 8.70. The molecule has 160 valence electrons. The van der Waals surface area contributed by atoms with E-state index >= 15 is 0 Å². The van der Waals surface area contributed by atoms with Gasteiger partial charge in [0.25, 0.3) is 5.91 Å². The third-order valence-corrected chi connectivity index (χ3v) is 5.89. The Morgan fingerprint density at radius 3 is 2.58 bits per heavy atom. The van der Waals surface area contributed by atoms with Crippen molar-refractivity contribution in [1.29, 1.82) is 0 Å². The number of carbonyl (C=O) groups is 1.